The van der Waals surface area contributed by atoms with Gasteiger partial charge in [0.05, 0.1) is 0 Å². The van der Waals surface area contributed by atoms with Crippen LogP contribution in [0.15, 0.2) is 0 Å². The number of aromatic amines is 8. The molecule has 0 aromatic carbocycles. The van der Waals surface area contributed by atoms with E-state index >= 15 is 0 Å². The van der Waals surface area contributed by atoms with E-state index < -0.39 is 0 Å². The molecule has 0 radical (unpaired) electrons. The summed E-state index contributed by atoms with van der Waals surface area (Å²) in [5.74, 6) is 0. The van der Waals surface area contributed by atoms with Crippen molar-refractivity contribution in [2.24, 2.45) is 0 Å². The summed E-state index contributed by atoms with van der Waals surface area (Å²) in [6, 6.07) is 0. The Balaban J connectivity index is 0.00000419. The van der Waals surface area contributed by atoms with Crippen LogP contribution < -0.4 is 42.8 Å². The summed E-state index contributed by atoms with van der Waals surface area (Å²) in [6.07, 6.45) is 31.6. The van der Waals surface area contributed by atoms with Gasteiger partial charge in [0.15, 0.2) is 0 Å². The molecule has 0 saturated heterocycles. The number of aromatic nitrogens is 8. The van der Waals surface area contributed by atoms with Gasteiger partial charge < -0.3 is 39.9 Å². The van der Waals surface area contributed by atoms with Crippen LogP contribution in [0.2, 0.25) is 0 Å². The molecule has 0 fully saturated rings. The molecule has 8 nitrogen and oxygen atoms in total. The van der Waals surface area contributed by atoms with Gasteiger partial charge in [0.25, 0.3) is 0 Å². The zero-order valence-corrected chi connectivity index (χ0v) is 60.5. The first-order valence-electron chi connectivity index (χ1n) is 33.1. The molecule has 0 aliphatic carbocycles. The summed E-state index contributed by atoms with van der Waals surface area (Å²) >= 11 is 3.00. The number of fused-ring (bicyclic) bond motifs is 16. The van der Waals surface area contributed by atoms with Crippen LogP contribution in [0.3, 0.4) is 0 Å². The van der Waals surface area contributed by atoms with Gasteiger partial charge in [-0.2, -0.15) is 0 Å². The predicted octanol–water partition coefficient (Wildman–Crippen LogP) is 10.8. The summed E-state index contributed by atoms with van der Waals surface area (Å²) in [4.78, 5) is 33.3. The van der Waals surface area contributed by atoms with Gasteiger partial charge in [0.1, 0.15) is 0 Å². The Morgan fingerprint density at radius 1 is 0.214 bits per heavy atom. The van der Waals surface area contributed by atoms with Gasteiger partial charge in [0, 0.05) is 88.3 Å². The van der Waals surface area contributed by atoms with E-state index in [0.29, 0.717) is 0 Å². The first-order chi connectivity index (χ1) is 40.9. The van der Waals surface area contributed by atoms with Crippen LogP contribution in [0.4, 0.5) is 0 Å². The predicted molar refractivity (Wildman–Crippen MR) is 349 cm³/mol. The van der Waals surface area contributed by atoms with E-state index in [2.05, 4.69) is 187 Å². The fourth-order valence-electron chi connectivity index (χ4n) is 15.7. The molecule has 8 aromatic rings. The third kappa shape index (κ3) is 10.9. The normalized spacial score (nSPS) is 12.9. The summed E-state index contributed by atoms with van der Waals surface area (Å²) in [7, 11) is 0. The minimum absolute atomic E-state index is 0.830. The van der Waals surface area contributed by atoms with E-state index in [1.165, 1.54) is 219 Å². The second kappa shape index (κ2) is 27.4. The van der Waals surface area contributed by atoms with Crippen molar-refractivity contribution >= 4 is 47.6 Å². The van der Waals surface area contributed by atoms with Crippen molar-refractivity contribution < 1.29 is 30.4 Å². The molecule has 10 heterocycles. The number of H-pyrrole nitrogens is 8. The molecule has 438 valence electrons. The van der Waals surface area contributed by atoms with Crippen LogP contribution in [0.5, 0.6) is 0 Å². The van der Waals surface area contributed by atoms with Crippen LogP contribution in [0, 0.1) is 0 Å². The van der Waals surface area contributed by atoms with Crippen molar-refractivity contribution in [1.82, 2.24) is 39.9 Å². The molecular weight excluding hydrogens is 1130 g/mol. The van der Waals surface area contributed by atoms with Crippen LogP contribution >= 0.6 is 0 Å². The topological polar surface area (TPSA) is 126 Å². The Morgan fingerprint density at radius 3 is 0.631 bits per heavy atom. The van der Waals surface area contributed by atoms with Crippen molar-refractivity contribution in [2.45, 2.75) is 226 Å². The quantitative estimate of drug-likeness (QED) is 0.0368. The zero-order valence-electron chi connectivity index (χ0n) is 54.6. The molecule has 2 aliphatic heterocycles. The van der Waals surface area contributed by atoms with Gasteiger partial charge in [-0.1, -0.05) is 111 Å². The molecule has 0 spiro atoms. The van der Waals surface area contributed by atoms with E-state index in [0.717, 1.165) is 116 Å². The fraction of sp³-hybridized carbons (Fsp3) is 0.459. The molecule has 2 aliphatic rings. The molecule has 16 bridgehead atoms. The van der Waals surface area contributed by atoms with E-state index in [1.54, 1.807) is 0 Å². The van der Waals surface area contributed by atoms with E-state index in [1.807, 2.05) is 0 Å². The van der Waals surface area contributed by atoms with E-state index in [-0.39, 0.29) is 0 Å². The fourth-order valence-corrected chi connectivity index (χ4v) is 15.7. The first-order valence-corrected chi connectivity index (χ1v) is 46.1. The van der Waals surface area contributed by atoms with Crippen LogP contribution in [0.25, 0.3) is 47.6 Å². The molecule has 0 amide bonds. The van der Waals surface area contributed by atoms with Gasteiger partial charge in [-0.3, -0.25) is 0 Å². The number of rotatable bonds is 19. The average molecular weight is 1230 g/mol. The first kappa shape index (κ1) is 63.0. The van der Waals surface area contributed by atoms with Crippen molar-refractivity contribution in [1.29, 1.82) is 0 Å². The molecule has 10 rings (SSSR count). The maximum absolute atomic E-state index is 4.29. The Kier molecular flexibility index (Phi) is 20.6. The number of nitrogens with one attached hydrogen (secondary N) is 8. The molecule has 0 saturated carbocycles. The average Bonchev–Trinajstić information content (AvgIpc) is 3.19. The van der Waals surface area contributed by atoms with Crippen LogP contribution in [0.1, 0.15) is 258 Å². The third-order valence-electron chi connectivity index (χ3n) is 19.4. The van der Waals surface area contributed by atoms with E-state index in [4.69, 9.17) is 0 Å². The second-order valence-electron chi connectivity index (χ2n) is 23.1. The number of hydrogen-bond acceptors (Lipinski definition) is 0. The van der Waals surface area contributed by atoms with Gasteiger partial charge in [0.2, 0.25) is 0 Å². The van der Waals surface area contributed by atoms with Crippen molar-refractivity contribution in [3.8, 4) is 0 Å². The van der Waals surface area contributed by atoms with Gasteiger partial charge in [-0.25, -0.2) is 0 Å². The molecule has 8 N–H and O–H groups in total. The Hall–Kier alpha value is -5.55. The third-order valence-corrected chi connectivity index (χ3v) is 19.4. The molecular formula is C74H98N8Zn2. The number of hydrogen-bond donors (Lipinski definition) is 8. The Morgan fingerprint density at radius 2 is 0.405 bits per heavy atom. The Bertz CT molecular complexity index is 3990. The van der Waals surface area contributed by atoms with Crippen molar-refractivity contribution in [3.05, 3.63) is 177 Å². The molecule has 0 unspecified atom stereocenters. The Labute approximate surface area is 518 Å². The molecule has 10 heteroatoms. The molecule has 84 heavy (non-hydrogen) atoms. The maximum atomic E-state index is 4.29. The monoisotopic (exact) mass is 1230 g/mol. The van der Waals surface area contributed by atoms with Gasteiger partial charge >= 0.3 is 30.4 Å². The molecule has 0 atom stereocenters. The zero-order chi connectivity index (χ0) is 60.3. The van der Waals surface area contributed by atoms with Crippen LogP contribution in [-0.4, -0.2) is 39.9 Å². The summed E-state index contributed by atoms with van der Waals surface area (Å²) in [5, 5.41) is 9.89. The van der Waals surface area contributed by atoms with Gasteiger partial charge in [-0.15, -0.1) is 0 Å². The molecule has 8 aromatic heterocycles. The standard InChI is InChI=1S/C74H98N8.2Zn/c1-17-41-45(21-5)63-37-67-49(25-9)53(29-13)71(79-67)57(72-54(30-14)50(26-10)68(80-72)38-64-46(22-6)42(18-2)60(76-64)35-59(41)75-63)33-34-58-73-55(31-15)51(27-11)69(81-73)39-65-47(23-7)43(19-3)61(77-65)36-62-44(20-4)48(24-8)66(78-62)40-70-52(28-12)56(32-16)74(58)82-70;;/h35-40,75-82H,17-34H2,1-16H3;;. The van der Waals surface area contributed by atoms with E-state index in [9.17, 15) is 0 Å². The van der Waals surface area contributed by atoms with Crippen molar-refractivity contribution in [2.75, 3.05) is 0 Å². The second-order valence-corrected chi connectivity index (χ2v) is 23.1. The van der Waals surface area contributed by atoms with Gasteiger partial charge in [-0.05, 0) is 252 Å². The summed E-state index contributed by atoms with van der Waals surface area (Å²) in [5.41, 5.74) is 35.4. The SMILES string of the molecule is CCc1c2[nH]c(c1CC)C=c1[nH]c(c(CC)c1CC)=C(CCC1=c3[nH]c(c(CC)c3CC)=Cc3[nH]c(c(CC)c3CC)C=c3[nH]c(c(CC)c3CC)=Cc3[nH]c1c(CC)c3CC)c1[nH]c(c(CC)c1CC)C=c1[nH]c(c(CC)c1CC)=C2.[Zn]=[Zn]. The summed E-state index contributed by atoms with van der Waals surface area (Å²) < 4.78 is 0. The van der Waals surface area contributed by atoms with Crippen LogP contribution in [-0.2, 0) is 133 Å². The minimum atomic E-state index is 0.830. The summed E-state index contributed by atoms with van der Waals surface area (Å²) in [6.45, 7) is 37.5. The van der Waals surface area contributed by atoms with Crippen molar-refractivity contribution in [3.63, 3.8) is 0 Å².